The number of nitrogens with one attached hydrogen (secondary N) is 2. The Morgan fingerprint density at radius 2 is 1.59 bits per heavy atom. The number of anilines is 2. The molecule has 154 valence electrons. The van der Waals surface area contributed by atoms with E-state index in [1.807, 2.05) is 0 Å². The number of ether oxygens (including phenoxy) is 1. The van der Waals surface area contributed by atoms with Gasteiger partial charge in [0.25, 0.3) is 5.91 Å². The molecular weight excluding hydrogens is 418 g/mol. The van der Waals surface area contributed by atoms with Gasteiger partial charge in [0.05, 0.1) is 18.2 Å². The molecule has 3 rings (SSSR count). The van der Waals surface area contributed by atoms with Crippen molar-refractivity contribution in [3.63, 3.8) is 0 Å². The Morgan fingerprint density at radius 3 is 2.17 bits per heavy atom. The van der Waals surface area contributed by atoms with Crippen LogP contribution in [0.4, 0.5) is 11.4 Å². The molecule has 0 spiro atoms. The van der Waals surface area contributed by atoms with Crippen LogP contribution in [0, 0.1) is 0 Å². The van der Waals surface area contributed by atoms with Gasteiger partial charge in [-0.05, 0) is 42.5 Å². The lowest BCUT2D eigenvalue weighted by molar-refractivity contribution is -0.114. The van der Waals surface area contributed by atoms with Gasteiger partial charge < -0.3 is 15.4 Å². The fourth-order valence-corrected chi connectivity index (χ4v) is 4.72. The summed E-state index contributed by atoms with van der Waals surface area (Å²) in [5, 5.41) is 5.37. The maximum absolute atomic E-state index is 12.9. The predicted molar refractivity (Wildman–Crippen MR) is 110 cm³/mol. The molecule has 1 aliphatic rings. The molecule has 0 aliphatic carbocycles. The zero-order chi connectivity index (χ0) is 21.0. The van der Waals surface area contributed by atoms with Gasteiger partial charge in [-0.2, -0.15) is 4.31 Å². The van der Waals surface area contributed by atoms with Gasteiger partial charge in [0.15, 0.2) is 0 Å². The lowest BCUT2D eigenvalue weighted by Crippen LogP contribution is -2.40. The summed E-state index contributed by atoms with van der Waals surface area (Å²) >= 11 is 6.12. The molecular formula is C19H20ClN3O5S. The zero-order valence-electron chi connectivity index (χ0n) is 15.6. The van der Waals surface area contributed by atoms with Crippen LogP contribution in [0.25, 0.3) is 0 Å². The first-order valence-electron chi connectivity index (χ1n) is 8.84. The number of morpholine rings is 1. The first kappa shape index (κ1) is 21.3. The normalized spacial score (nSPS) is 15.0. The Balaban J connectivity index is 1.79. The Hall–Kier alpha value is -2.46. The highest BCUT2D eigenvalue weighted by atomic mass is 35.5. The van der Waals surface area contributed by atoms with E-state index in [4.69, 9.17) is 16.3 Å². The van der Waals surface area contributed by atoms with Gasteiger partial charge in [0.2, 0.25) is 15.9 Å². The van der Waals surface area contributed by atoms with Crippen molar-refractivity contribution in [2.75, 3.05) is 36.9 Å². The lowest BCUT2D eigenvalue weighted by Gasteiger charge is -2.26. The molecule has 1 saturated heterocycles. The molecule has 0 saturated carbocycles. The molecule has 0 radical (unpaired) electrons. The zero-order valence-corrected chi connectivity index (χ0v) is 17.2. The van der Waals surface area contributed by atoms with Gasteiger partial charge in [-0.25, -0.2) is 8.42 Å². The summed E-state index contributed by atoms with van der Waals surface area (Å²) in [5.74, 6) is -0.677. The lowest BCUT2D eigenvalue weighted by atomic mass is 10.2. The summed E-state index contributed by atoms with van der Waals surface area (Å²) in [4.78, 5) is 23.5. The summed E-state index contributed by atoms with van der Waals surface area (Å²) in [7, 11) is -3.84. The molecule has 2 amide bonds. The van der Waals surface area contributed by atoms with E-state index in [9.17, 15) is 18.0 Å². The number of hydrogen-bond acceptors (Lipinski definition) is 5. The highest BCUT2D eigenvalue weighted by Gasteiger charge is 2.29. The minimum absolute atomic E-state index is 0.0488. The van der Waals surface area contributed by atoms with Crippen molar-refractivity contribution < 1.29 is 22.7 Å². The third-order valence-corrected chi connectivity index (χ3v) is 6.62. The quantitative estimate of drug-likeness (QED) is 0.748. The molecule has 0 bridgehead atoms. The van der Waals surface area contributed by atoms with Gasteiger partial charge in [-0.15, -0.1) is 0 Å². The monoisotopic (exact) mass is 437 g/mol. The number of hydrogen-bond donors (Lipinski definition) is 2. The van der Waals surface area contributed by atoms with Crippen molar-refractivity contribution in [3.05, 3.63) is 53.1 Å². The molecule has 2 aromatic rings. The fourth-order valence-electron chi connectivity index (χ4n) is 2.81. The summed E-state index contributed by atoms with van der Waals surface area (Å²) in [5.41, 5.74) is 1.25. The molecule has 10 heteroatoms. The van der Waals surface area contributed by atoms with E-state index in [0.29, 0.717) is 24.6 Å². The second kappa shape index (κ2) is 8.91. The third kappa shape index (κ3) is 5.13. The Labute approximate surface area is 173 Å². The van der Waals surface area contributed by atoms with E-state index in [-0.39, 0.29) is 34.5 Å². The van der Waals surface area contributed by atoms with Crippen molar-refractivity contribution in [2.45, 2.75) is 11.8 Å². The maximum atomic E-state index is 12.9. The van der Waals surface area contributed by atoms with Crippen molar-refractivity contribution >= 4 is 44.8 Å². The largest absolute Gasteiger partial charge is 0.379 e. The van der Waals surface area contributed by atoms with Crippen molar-refractivity contribution in [1.29, 1.82) is 0 Å². The van der Waals surface area contributed by atoms with E-state index in [2.05, 4.69) is 10.6 Å². The van der Waals surface area contributed by atoms with Crippen molar-refractivity contribution in [1.82, 2.24) is 4.31 Å². The van der Waals surface area contributed by atoms with Crippen LogP contribution in [-0.2, 0) is 19.6 Å². The number of rotatable bonds is 5. The number of amides is 2. The number of sulfonamides is 1. The van der Waals surface area contributed by atoms with Crippen LogP contribution >= 0.6 is 11.6 Å². The van der Waals surface area contributed by atoms with Crippen LogP contribution < -0.4 is 10.6 Å². The predicted octanol–water partition coefficient (Wildman–Crippen LogP) is 2.57. The first-order chi connectivity index (χ1) is 13.8. The van der Waals surface area contributed by atoms with Crippen LogP contribution in [-0.4, -0.2) is 50.8 Å². The molecule has 0 unspecified atom stereocenters. The third-order valence-electron chi connectivity index (χ3n) is 4.24. The molecule has 1 fully saturated rings. The molecule has 0 aromatic heterocycles. The molecule has 8 nitrogen and oxygen atoms in total. The number of nitrogens with zero attached hydrogens (tertiary/aromatic N) is 1. The van der Waals surface area contributed by atoms with E-state index in [1.165, 1.54) is 29.4 Å². The molecule has 0 atom stereocenters. The van der Waals surface area contributed by atoms with E-state index in [1.54, 1.807) is 24.3 Å². The summed E-state index contributed by atoms with van der Waals surface area (Å²) < 4.78 is 32.3. The van der Waals surface area contributed by atoms with Crippen LogP contribution in [0.5, 0.6) is 0 Å². The van der Waals surface area contributed by atoms with Crippen molar-refractivity contribution in [2.24, 2.45) is 0 Å². The Morgan fingerprint density at radius 1 is 1.00 bits per heavy atom. The van der Waals surface area contributed by atoms with Gasteiger partial charge in [-0.1, -0.05) is 11.6 Å². The summed E-state index contributed by atoms with van der Waals surface area (Å²) in [6.07, 6.45) is 0. The minimum Gasteiger partial charge on any atom is -0.379 e. The summed E-state index contributed by atoms with van der Waals surface area (Å²) in [6.45, 7) is 2.49. The van der Waals surface area contributed by atoms with Gasteiger partial charge in [0, 0.05) is 37.0 Å². The van der Waals surface area contributed by atoms with E-state index >= 15 is 0 Å². The molecule has 2 N–H and O–H groups in total. The van der Waals surface area contributed by atoms with Gasteiger partial charge in [-0.3, -0.25) is 9.59 Å². The minimum atomic E-state index is -3.84. The molecule has 29 heavy (non-hydrogen) atoms. The molecule has 1 heterocycles. The average molecular weight is 438 g/mol. The highest BCUT2D eigenvalue weighted by molar-refractivity contribution is 7.89. The number of carbonyl (C=O) groups is 2. The van der Waals surface area contributed by atoms with Gasteiger partial charge >= 0.3 is 0 Å². The Kier molecular flexibility index (Phi) is 6.53. The first-order valence-corrected chi connectivity index (χ1v) is 10.7. The second-order valence-corrected chi connectivity index (χ2v) is 8.69. The summed E-state index contributed by atoms with van der Waals surface area (Å²) in [6, 6.07) is 10.7. The SMILES string of the molecule is CC(=O)Nc1ccc(NC(=O)c2ccc(Cl)c(S(=O)(=O)N3CCOCC3)c2)cc1. The molecule has 1 aliphatic heterocycles. The van der Waals surface area contributed by atoms with Crippen LogP contribution in [0.2, 0.25) is 5.02 Å². The Bertz CT molecular complexity index is 1020. The van der Waals surface area contributed by atoms with E-state index in [0.717, 1.165) is 0 Å². The van der Waals surface area contributed by atoms with E-state index < -0.39 is 15.9 Å². The molecule has 2 aromatic carbocycles. The average Bonchev–Trinajstić information content (AvgIpc) is 2.70. The van der Waals surface area contributed by atoms with Crippen molar-refractivity contribution in [3.8, 4) is 0 Å². The maximum Gasteiger partial charge on any atom is 0.255 e. The van der Waals surface area contributed by atoms with Gasteiger partial charge in [0.1, 0.15) is 4.90 Å². The fraction of sp³-hybridized carbons (Fsp3) is 0.263. The standard InChI is InChI=1S/C19H20ClN3O5S/c1-13(24)21-15-3-5-16(6-4-15)22-19(25)14-2-7-17(20)18(12-14)29(26,27)23-8-10-28-11-9-23/h2-7,12H,8-11H2,1H3,(H,21,24)(H,22,25). The highest BCUT2D eigenvalue weighted by Crippen LogP contribution is 2.27. The van der Waals surface area contributed by atoms with Crippen LogP contribution in [0.1, 0.15) is 17.3 Å². The number of halogens is 1. The topological polar surface area (TPSA) is 105 Å². The van der Waals surface area contributed by atoms with Crippen LogP contribution in [0.3, 0.4) is 0 Å². The smallest absolute Gasteiger partial charge is 0.255 e. The second-order valence-electron chi connectivity index (χ2n) is 6.37. The van der Waals surface area contributed by atoms with Crippen LogP contribution in [0.15, 0.2) is 47.4 Å². The number of benzene rings is 2. The number of carbonyl (C=O) groups excluding carboxylic acids is 2.